The van der Waals surface area contributed by atoms with Crippen molar-refractivity contribution in [2.75, 3.05) is 0 Å². The van der Waals surface area contributed by atoms with Gasteiger partial charge in [0.1, 0.15) is 11.0 Å². The number of halogens is 1. The molecule has 0 aliphatic rings. The topological polar surface area (TPSA) is 34.9 Å². The van der Waals surface area contributed by atoms with Crippen LogP contribution in [0.5, 0.6) is 0 Å². The van der Waals surface area contributed by atoms with Crippen molar-refractivity contribution in [3.63, 3.8) is 0 Å². The molecule has 3 nitrogen and oxygen atoms in total. The van der Waals surface area contributed by atoms with Crippen LogP contribution in [-0.4, -0.2) is 9.55 Å². The lowest BCUT2D eigenvalue weighted by atomic mass is 10.4. The molecule has 0 aromatic carbocycles. The maximum absolute atomic E-state index is 11.1. The quantitative estimate of drug-likeness (QED) is 0.593. The molecule has 0 aliphatic heterocycles. The Morgan fingerprint density at radius 1 is 1.73 bits per heavy atom. The minimum absolute atomic E-state index is 0.109. The van der Waals surface area contributed by atoms with Crippen LogP contribution in [0.25, 0.3) is 0 Å². The predicted molar refractivity (Wildman–Crippen MR) is 43.9 cm³/mol. The fraction of sp³-hybridized carbons (Fsp3) is 0.429. The van der Waals surface area contributed by atoms with E-state index in [9.17, 15) is 4.79 Å². The second kappa shape index (κ2) is 3.05. The molecule has 0 saturated carbocycles. The van der Waals surface area contributed by atoms with Crippen molar-refractivity contribution in [1.29, 1.82) is 0 Å². The Bertz CT molecular complexity index is 319. The van der Waals surface area contributed by atoms with E-state index in [2.05, 4.69) is 4.98 Å². The summed E-state index contributed by atoms with van der Waals surface area (Å²) in [6.45, 7) is 1.93. The minimum atomic E-state index is -0.109. The van der Waals surface area contributed by atoms with Gasteiger partial charge >= 0.3 is 0 Å². The monoisotopic (exact) mass is 172 g/mol. The molecule has 1 aromatic rings. The molecule has 0 spiro atoms. The summed E-state index contributed by atoms with van der Waals surface area (Å²) in [5.41, 5.74) is -0.109. The molecule has 1 rings (SSSR count). The highest BCUT2D eigenvalue weighted by Gasteiger charge is 2.00. The Kier molecular flexibility index (Phi) is 2.29. The molecule has 0 radical (unpaired) electrons. The third-order valence-electron chi connectivity index (χ3n) is 1.51. The van der Waals surface area contributed by atoms with Crippen molar-refractivity contribution in [1.82, 2.24) is 9.55 Å². The lowest BCUT2D eigenvalue weighted by Gasteiger charge is -2.02. The third-order valence-corrected chi connectivity index (χ3v) is 1.71. The Hall–Kier alpha value is -0.830. The first-order valence-corrected chi connectivity index (χ1v) is 3.75. The molecule has 0 saturated heterocycles. The van der Waals surface area contributed by atoms with Crippen molar-refractivity contribution in [3.8, 4) is 0 Å². The summed E-state index contributed by atoms with van der Waals surface area (Å²) >= 11 is 5.58. The molecule has 60 valence electrons. The molecule has 0 N–H and O–H groups in total. The van der Waals surface area contributed by atoms with E-state index < -0.39 is 0 Å². The van der Waals surface area contributed by atoms with Gasteiger partial charge in [0.25, 0.3) is 5.56 Å². The summed E-state index contributed by atoms with van der Waals surface area (Å²) in [6, 6.07) is 1.31. The average Bonchev–Trinajstić information content (AvgIpc) is 1.96. The SMILES string of the molecule is CCc1nc(Cl)cc(=O)n1C. The molecule has 11 heavy (non-hydrogen) atoms. The van der Waals surface area contributed by atoms with Gasteiger partial charge in [-0.25, -0.2) is 4.98 Å². The first-order valence-electron chi connectivity index (χ1n) is 3.37. The van der Waals surface area contributed by atoms with Crippen LogP contribution in [0.4, 0.5) is 0 Å². The van der Waals surface area contributed by atoms with Crippen molar-refractivity contribution < 1.29 is 0 Å². The van der Waals surface area contributed by atoms with Gasteiger partial charge in [-0.3, -0.25) is 9.36 Å². The molecule has 0 atom stereocenters. The van der Waals surface area contributed by atoms with Gasteiger partial charge in [-0.2, -0.15) is 0 Å². The first-order chi connectivity index (χ1) is 5.15. The molecule has 0 aliphatic carbocycles. The first kappa shape index (κ1) is 8.27. The summed E-state index contributed by atoms with van der Waals surface area (Å²) in [7, 11) is 1.69. The molecule has 0 amide bonds. The Labute approximate surface area is 69.6 Å². The number of nitrogens with zero attached hydrogens (tertiary/aromatic N) is 2. The van der Waals surface area contributed by atoms with Crippen LogP contribution in [0.3, 0.4) is 0 Å². The van der Waals surface area contributed by atoms with Gasteiger partial charge in [-0.1, -0.05) is 18.5 Å². The summed E-state index contributed by atoms with van der Waals surface area (Å²) in [4.78, 5) is 15.0. The molecular formula is C7H9ClN2O. The van der Waals surface area contributed by atoms with E-state index in [4.69, 9.17) is 11.6 Å². The highest BCUT2D eigenvalue weighted by Crippen LogP contribution is 2.00. The molecule has 1 heterocycles. The third kappa shape index (κ3) is 1.60. The van der Waals surface area contributed by atoms with Crippen molar-refractivity contribution in [2.45, 2.75) is 13.3 Å². The van der Waals surface area contributed by atoms with Crippen LogP contribution < -0.4 is 5.56 Å². The number of hydrogen-bond donors (Lipinski definition) is 0. The molecule has 4 heteroatoms. The van der Waals surface area contributed by atoms with Crippen molar-refractivity contribution in [3.05, 3.63) is 27.4 Å². The second-order valence-corrected chi connectivity index (χ2v) is 2.63. The highest BCUT2D eigenvalue weighted by molar-refractivity contribution is 6.29. The molecule has 1 aromatic heterocycles. The van der Waals surface area contributed by atoms with Crippen LogP contribution in [0.2, 0.25) is 5.15 Å². The smallest absolute Gasteiger partial charge is 0.254 e. The van der Waals surface area contributed by atoms with Gasteiger partial charge in [0.2, 0.25) is 0 Å². The van der Waals surface area contributed by atoms with Crippen molar-refractivity contribution >= 4 is 11.6 Å². The van der Waals surface area contributed by atoms with E-state index in [0.717, 1.165) is 0 Å². The van der Waals surface area contributed by atoms with E-state index >= 15 is 0 Å². The van der Waals surface area contributed by atoms with Crippen molar-refractivity contribution in [2.24, 2.45) is 7.05 Å². The molecule has 0 unspecified atom stereocenters. The molecule has 0 fully saturated rings. The molecular weight excluding hydrogens is 164 g/mol. The van der Waals surface area contributed by atoms with E-state index in [1.54, 1.807) is 7.05 Å². The summed E-state index contributed by atoms with van der Waals surface area (Å²) < 4.78 is 1.49. The molecule has 0 bridgehead atoms. The van der Waals surface area contributed by atoms with E-state index in [1.807, 2.05) is 6.92 Å². The largest absolute Gasteiger partial charge is 0.300 e. The maximum atomic E-state index is 11.1. The Morgan fingerprint density at radius 3 is 2.91 bits per heavy atom. The van der Waals surface area contributed by atoms with Crippen LogP contribution in [0.1, 0.15) is 12.7 Å². The highest BCUT2D eigenvalue weighted by atomic mass is 35.5. The summed E-state index contributed by atoms with van der Waals surface area (Å²) in [5.74, 6) is 0.711. The van der Waals surface area contributed by atoms with Gasteiger partial charge in [-0.15, -0.1) is 0 Å². The lowest BCUT2D eigenvalue weighted by molar-refractivity contribution is 0.737. The number of aromatic nitrogens is 2. The van der Waals surface area contributed by atoms with Gasteiger partial charge in [0, 0.05) is 19.5 Å². The second-order valence-electron chi connectivity index (χ2n) is 2.25. The van der Waals surface area contributed by atoms with Gasteiger partial charge < -0.3 is 0 Å². The minimum Gasteiger partial charge on any atom is -0.300 e. The average molecular weight is 173 g/mol. The zero-order chi connectivity index (χ0) is 8.43. The number of aryl methyl sites for hydroxylation is 1. The predicted octanol–water partition coefficient (Wildman–Crippen LogP) is 0.996. The fourth-order valence-electron chi connectivity index (χ4n) is 0.873. The van der Waals surface area contributed by atoms with E-state index in [-0.39, 0.29) is 10.7 Å². The van der Waals surface area contributed by atoms with E-state index in [0.29, 0.717) is 12.2 Å². The zero-order valence-electron chi connectivity index (χ0n) is 6.47. The van der Waals surface area contributed by atoms with Crippen LogP contribution in [0, 0.1) is 0 Å². The van der Waals surface area contributed by atoms with E-state index in [1.165, 1.54) is 10.6 Å². The van der Waals surface area contributed by atoms with Crippen LogP contribution >= 0.6 is 11.6 Å². The fourth-order valence-corrected chi connectivity index (χ4v) is 1.06. The zero-order valence-corrected chi connectivity index (χ0v) is 7.22. The van der Waals surface area contributed by atoms with Crippen LogP contribution in [0.15, 0.2) is 10.9 Å². The van der Waals surface area contributed by atoms with Gasteiger partial charge in [0.15, 0.2) is 0 Å². The summed E-state index contributed by atoms with van der Waals surface area (Å²) in [6.07, 6.45) is 0.715. The standard InChI is InChI=1S/C7H9ClN2O/c1-3-6-9-5(8)4-7(11)10(6)2/h4H,3H2,1-2H3. The van der Waals surface area contributed by atoms with Gasteiger partial charge in [-0.05, 0) is 0 Å². The Morgan fingerprint density at radius 2 is 2.36 bits per heavy atom. The van der Waals surface area contributed by atoms with Gasteiger partial charge in [0.05, 0.1) is 0 Å². The number of rotatable bonds is 1. The van der Waals surface area contributed by atoms with Crippen LogP contribution in [-0.2, 0) is 13.5 Å². The normalized spacial score (nSPS) is 10.1. The Balaban J connectivity index is 3.36. The maximum Gasteiger partial charge on any atom is 0.254 e. The number of hydrogen-bond acceptors (Lipinski definition) is 2. The summed E-state index contributed by atoms with van der Waals surface area (Å²) in [5, 5.41) is 0.268. The lowest BCUT2D eigenvalue weighted by Crippen LogP contribution is -2.20.